The maximum absolute atomic E-state index is 5.83. The minimum Gasteiger partial charge on any atom is -0.441 e. The SMILES string of the molecule is CNC(C)Cc1cnc(-c2ccc(Cl)cc2)o1. The van der Waals surface area contributed by atoms with Crippen molar-refractivity contribution in [3.05, 3.63) is 41.2 Å². The van der Waals surface area contributed by atoms with Crippen molar-refractivity contribution in [1.29, 1.82) is 0 Å². The molecular weight excluding hydrogens is 236 g/mol. The average Bonchev–Trinajstić information content (AvgIpc) is 2.78. The zero-order chi connectivity index (χ0) is 12.3. The number of hydrogen-bond donors (Lipinski definition) is 1. The van der Waals surface area contributed by atoms with Crippen LogP contribution in [0.5, 0.6) is 0 Å². The van der Waals surface area contributed by atoms with E-state index in [0.717, 1.165) is 17.7 Å². The number of rotatable bonds is 4. The van der Waals surface area contributed by atoms with Gasteiger partial charge in [-0.25, -0.2) is 4.98 Å². The van der Waals surface area contributed by atoms with Gasteiger partial charge >= 0.3 is 0 Å². The number of oxazole rings is 1. The first-order chi connectivity index (χ1) is 8.19. The molecule has 1 atom stereocenters. The van der Waals surface area contributed by atoms with Crippen LogP contribution in [0.25, 0.3) is 11.5 Å². The van der Waals surface area contributed by atoms with Gasteiger partial charge in [0.2, 0.25) is 5.89 Å². The lowest BCUT2D eigenvalue weighted by atomic mass is 10.2. The number of likely N-dealkylation sites (N-methyl/N-ethyl adjacent to an activating group) is 1. The summed E-state index contributed by atoms with van der Waals surface area (Å²) in [6, 6.07) is 7.84. The third-order valence-electron chi connectivity index (χ3n) is 2.64. The van der Waals surface area contributed by atoms with Gasteiger partial charge in [-0.2, -0.15) is 0 Å². The molecule has 0 fully saturated rings. The lowest BCUT2D eigenvalue weighted by Gasteiger charge is -2.06. The quantitative estimate of drug-likeness (QED) is 0.906. The summed E-state index contributed by atoms with van der Waals surface area (Å²) in [5, 5.41) is 3.88. The lowest BCUT2D eigenvalue weighted by molar-refractivity contribution is 0.479. The van der Waals surface area contributed by atoms with Crippen molar-refractivity contribution in [3.63, 3.8) is 0 Å². The molecule has 0 amide bonds. The van der Waals surface area contributed by atoms with Crippen LogP contribution in [0.1, 0.15) is 12.7 Å². The summed E-state index contributed by atoms with van der Waals surface area (Å²) in [5.41, 5.74) is 0.942. The van der Waals surface area contributed by atoms with Gasteiger partial charge in [-0.1, -0.05) is 11.6 Å². The van der Waals surface area contributed by atoms with Crippen molar-refractivity contribution in [1.82, 2.24) is 10.3 Å². The third kappa shape index (κ3) is 3.08. The van der Waals surface area contributed by atoms with E-state index in [-0.39, 0.29) is 0 Å². The Bertz CT molecular complexity index is 478. The summed E-state index contributed by atoms with van der Waals surface area (Å²) in [6.07, 6.45) is 2.61. The Morgan fingerprint density at radius 1 is 1.35 bits per heavy atom. The second kappa shape index (κ2) is 5.34. The molecule has 17 heavy (non-hydrogen) atoms. The molecule has 4 heteroatoms. The average molecular weight is 251 g/mol. The van der Waals surface area contributed by atoms with Crippen LogP contribution in [0.15, 0.2) is 34.9 Å². The predicted octanol–water partition coefficient (Wildman–Crippen LogP) is 3.15. The van der Waals surface area contributed by atoms with E-state index in [0.29, 0.717) is 17.0 Å². The minimum absolute atomic E-state index is 0.376. The molecule has 1 aromatic heterocycles. The number of hydrogen-bond acceptors (Lipinski definition) is 3. The van der Waals surface area contributed by atoms with Crippen LogP contribution < -0.4 is 5.32 Å². The van der Waals surface area contributed by atoms with Gasteiger partial charge in [-0.3, -0.25) is 0 Å². The second-order valence-corrected chi connectivity index (χ2v) is 4.47. The van der Waals surface area contributed by atoms with Gasteiger partial charge in [0.25, 0.3) is 0 Å². The standard InChI is InChI=1S/C13H15ClN2O/c1-9(15-2)7-12-8-16-13(17-12)10-3-5-11(14)6-4-10/h3-6,8-9,15H,7H2,1-2H3. The molecule has 0 aliphatic carbocycles. The van der Waals surface area contributed by atoms with Gasteiger partial charge in [0, 0.05) is 23.0 Å². The fourth-order valence-electron chi connectivity index (χ4n) is 1.53. The van der Waals surface area contributed by atoms with Gasteiger partial charge < -0.3 is 9.73 Å². The van der Waals surface area contributed by atoms with E-state index >= 15 is 0 Å². The Balaban J connectivity index is 2.15. The van der Waals surface area contributed by atoms with Crippen molar-refractivity contribution < 1.29 is 4.42 Å². The number of halogens is 1. The smallest absolute Gasteiger partial charge is 0.226 e. The van der Waals surface area contributed by atoms with Crippen LogP contribution in [-0.2, 0) is 6.42 Å². The molecule has 1 unspecified atom stereocenters. The Labute approximate surface area is 106 Å². The van der Waals surface area contributed by atoms with Crippen molar-refractivity contribution in [2.24, 2.45) is 0 Å². The van der Waals surface area contributed by atoms with Crippen molar-refractivity contribution in [2.45, 2.75) is 19.4 Å². The normalized spacial score (nSPS) is 12.6. The van der Waals surface area contributed by atoms with E-state index < -0.39 is 0 Å². The highest BCUT2D eigenvalue weighted by Crippen LogP contribution is 2.21. The van der Waals surface area contributed by atoms with Crippen LogP contribution in [0.2, 0.25) is 5.02 Å². The molecule has 0 aliphatic heterocycles. The molecule has 1 aromatic carbocycles. The fourth-order valence-corrected chi connectivity index (χ4v) is 1.66. The van der Waals surface area contributed by atoms with E-state index in [4.69, 9.17) is 16.0 Å². The monoisotopic (exact) mass is 250 g/mol. The van der Waals surface area contributed by atoms with Crippen molar-refractivity contribution in [2.75, 3.05) is 7.05 Å². The molecule has 0 saturated carbocycles. The molecule has 2 aromatic rings. The molecule has 0 radical (unpaired) electrons. The van der Waals surface area contributed by atoms with E-state index in [1.807, 2.05) is 31.3 Å². The summed E-state index contributed by atoms with van der Waals surface area (Å²) in [6.45, 7) is 2.10. The molecular formula is C13H15ClN2O. The molecule has 1 heterocycles. The Morgan fingerprint density at radius 2 is 2.06 bits per heavy atom. The highest BCUT2D eigenvalue weighted by molar-refractivity contribution is 6.30. The third-order valence-corrected chi connectivity index (χ3v) is 2.90. The summed E-state index contributed by atoms with van der Waals surface area (Å²) >= 11 is 5.83. The second-order valence-electron chi connectivity index (χ2n) is 4.03. The molecule has 90 valence electrons. The largest absolute Gasteiger partial charge is 0.441 e. The molecule has 0 aliphatic rings. The van der Waals surface area contributed by atoms with Crippen LogP contribution in [0, 0.1) is 0 Å². The lowest BCUT2D eigenvalue weighted by Crippen LogP contribution is -2.23. The molecule has 2 rings (SSSR count). The van der Waals surface area contributed by atoms with Crippen LogP contribution in [0.4, 0.5) is 0 Å². The van der Waals surface area contributed by atoms with Crippen molar-refractivity contribution >= 4 is 11.6 Å². The number of benzene rings is 1. The van der Waals surface area contributed by atoms with Crippen LogP contribution >= 0.6 is 11.6 Å². The van der Waals surface area contributed by atoms with Gasteiger partial charge in [-0.15, -0.1) is 0 Å². The summed E-state index contributed by atoms with van der Waals surface area (Å²) in [4.78, 5) is 4.27. The minimum atomic E-state index is 0.376. The van der Waals surface area contributed by atoms with Gasteiger partial charge in [0.15, 0.2) is 0 Å². The Kier molecular flexibility index (Phi) is 3.82. The first-order valence-electron chi connectivity index (χ1n) is 5.57. The molecule has 0 spiro atoms. The van der Waals surface area contributed by atoms with E-state index in [1.165, 1.54) is 0 Å². The van der Waals surface area contributed by atoms with E-state index in [1.54, 1.807) is 6.20 Å². The molecule has 0 bridgehead atoms. The molecule has 3 nitrogen and oxygen atoms in total. The number of aromatic nitrogens is 1. The summed E-state index contributed by atoms with van der Waals surface area (Å²) < 4.78 is 5.69. The Hall–Kier alpha value is -1.32. The van der Waals surface area contributed by atoms with E-state index in [9.17, 15) is 0 Å². The topological polar surface area (TPSA) is 38.1 Å². The number of nitrogens with zero attached hydrogens (tertiary/aromatic N) is 1. The first kappa shape index (κ1) is 12.1. The van der Waals surface area contributed by atoms with Crippen molar-refractivity contribution in [3.8, 4) is 11.5 Å². The van der Waals surface area contributed by atoms with E-state index in [2.05, 4.69) is 17.2 Å². The summed E-state index contributed by atoms with van der Waals surface area (Å²) in [5.74, 6) is 1.52. The van der Waals surface area contributed by atoms with Gasteiger partial charge in [0.1, 0.15) is 5.76 Å². The highest BCUT2D eigenvalue weighted by atomic mass is 35.5. The summed E-state index contributed by atoms with van der Waals surface area (Å²) in [7, 11) is 1.93. The zero-order valence-corrected chi connectivity index (χ0v) is 10.7. The number of nitrogens with one attached hydrogen (secondary N) is 1. The molecule has 0 saturated heterocycles. The highest BCUT2D eigenvalue weighted by Gasteiger charge is 2.08. The zero-order valence-electron chi connectivity index (χ0n) is 9.90. The van der Waals surface area contributed by atoms with Crippen LogP contribution in [0.3, 0.4) is 0 Å². The van der Waals surface area contributed by atoms with Crippen LogP contribution in [-0.4, -0.2) is 18.1 Å². The maximum atomic E-state index is 5.83. The Morgan fingerprint density at radius 3 is 2.71 bits per heavy atom. The molecule has 1 N–H and O–H groups in total. The van der Waals surface area contributed by atoms with Gasteiger partial charge in [-0.05, 0) is 38.2 Å². The first-order valence-corrected chi connectivity index (χ1v) is 5.94. The fraction of sp³-hybridized carbons (Fsp3) is 0.308. The van der Waals surface area contributed by atoms with Gasteiger partial charge in [0.05, 0.1) is 6.20 Å². The maximum Gasteiger partial charge on any atom is 0.226 e. The predicted molar refractivity (Wildman–Crippen MR) is 69.2 cm³/mol.